The van der Waals surface area contributed by atoms with E-state index in [4.69, 9.17) is 9.84 Å². The molecule has 1 aromatic carbocycles. The molecular formula is C12H12N2O4S. The summed E-state index contributed by atoms with van der Waals surface area (Å²) in [5.41, 5.74) is 1.17. The number of aryl methyl sites for hydroxylation is 1. The van der Waals surface area contributed by atoms with Crippen LogP contribution in [0, 0.1) is 17.0 Å². The minimum absolute atomic E-state index is 0.121. The second kappa shape index (κ2) is 5.77. The number of nitrogens with zero attached hydrogens (tertiary/aromatic N) is 2. The fourth-order valence-corrected chi connectivity index (χ4v) is 2.15. The molecule has 0 saturated heterocycles. The highest BCUT2D eigenvalue weighted by molar-refractivity contribution is 7.09. The number of nitro groups is 1. The molecule has 2 rings (SSSR count). The monoisotopic (exact) mass is 280 g/mol. The smallest absolute Gasteiger partial charge is 0.310 e. The normalized spacial score (nSPS) is 10.4. The van der Waals surface area contributed by atoms with Crippen molar-refractivity contribution in [2.24, 2.45) is 0 Å². The number of benzene rings is 1. The first-order chi connectivity index (χ1) is 9.10. The number of rotatable bonds is 5. The third-order valence-electron chi connectivity index (χ3n) is 2.45. The van der Waals surface area contributed by atoms with Crippen molar-refractivity contribution in [2.75, 3.05) is 0 Å². The first-order valence-corrected chi connectivity index (χ1v) is 6.40. The molecule has 100 valence electrons. The van der Waals surface area contributed by atoms with Crippen LogP contribution in [-0.4, -0.2) is 15.0 Å². The molecule has 7 heteroatoms. The summed E-state index contributed by atoms with van der Waals surface area (Å²) >= 11 is 1.49. The van der Waals surface area contributed by atoms with Crippen molar-refractivity contribution in [1.82, 2.24) is 4.98 Å². The van der Waals surface area contributed by atoms with Gasteiger partial charge in [-0.1, -0.05) is 0 Å². The predicted octanol–water partition coefficient (Wildman–Crippen LogP) is 2.43. The summed E-state index contributed by atoms with van der Waals surface area (Å²) in [4.78, 5) is 14.6. The Morgan fingerprint density at radius 3 is 2.89 bits per heavy atom. The molecule has 0 radical (unpaired) electrons. The van der Waals surface area contributed by atoms with Crippen molar-refractivity contribution in [3.05, 3.63) is 50.0 Å². The van der Waals surface area contributed by atoms with Crippen LogP contribution >= 0.6 is 11.3 Å². The van der Waals surface area contributed by atoms with Gasteiger partial charge in [-0.05, 0) is 24.6 Å². The topological polar surface area (TPSA) is 85.5 Å². The van der Waals surface area contributed by atoms with E-state index in [9.17, 15) is 10.1 Å². The van der Waals surface area contributed by atoms with Crippen LogP contribution in [0.2, 0.25) is 0 Å². The minimum atomic E-state index is -0.511. The zero-order valence-corrected chi connectivity index (χ0v) is 11.0. The van der Waals surface area contributed by atoms with Crippen LogP contribution in [0.5, 0.6) is 5.75 Å². The number of aliphatic hydroxyl groups is 1. The van der Waals surface area contributed by atoms with Gasteiger partial charge in [0.1, 0.15) is 6.61 Å². The van der Waals surface area contributed by atoms with E-state index in [0.29, 0.717) is 5.56 Å². The van der Waals surface area contributed by atoms with Gasteiger partial charge < -0.3 is 9.84 Å². The molecule has 0 aliphatic carbocycles. The van der Waals surface area contributed by atoms with Crippen molar-refractivity contribution in [2.45, 2.75) is 20.1 Å². The highest BCUT2D eigenvalue weighted by Gasteiger charge is 2.16. The van der Waals surface area contributed by atoms with Crippen molar-refractivity contribution in [1.29, 1.82) is 0 Å². The predicted molar refractivity (Wildman–Crippen MR) is 70.2 cm³/mol. The maximum absolute atomic E-state index is 10.9. The molecule has 0 saturated carbocycles. The van der Waals surface area contributed by atoms with Gasteiger partial charge in [-0.2, -0.15) is 0 Å². The van der Waals surface area contributed by atoms with Gasteiger partial charge in [0, 0.05) is 11.4 Å². The van der Waals surface area contributed by atoms with Gasteiger partial charge in [-0.25, -0.2) is 4.98 Å². The molecule has 0 unspecified atom stereocenters. The van der Waals surface area contributed by atoms with Crippen LogP contribution < -0.4 is 4.74 Å². The van der Waals surface area contributed by atoms with Crippen molar-refractivity contribution < 1.29 is 14.8 Å². The number of thiazole rings is 1. The van der Waals surface area contributed by atoms with Crippen LogP contribution in [0.15, 0.2) is 23.6 Å². The fraction of sp³-hybridized carbons (Fsp3) is 0.250. The van der Waals surface area contributed by atoms with Crippen LogP contribution in [0.1, 0.15) is 16.3 Å². The molecule has 1 aromatic heterocycles. The third-order valence-corrected chi connectivity index (χ3v) is 3.27. The highest BCUT2D eigenvalue weighted by atomic mass is 32.1. The lowest BCUT2D eigenvalue weighted by Crippen LogP contribution is -2.00. The van der Waals surface area contributed by atoms with Crippen molar-refractivity contribution in [3.8, 4) is 5.75 Å². The second-order valence-corrected chi connectivity index (χ2v) is 4.93. The Bertz CT molecular complexity index is 597. The summed E-state index contributed by atoms with van der Waals surface area (Å²) in [5.74, 6) is 0.141. The van der Waals surface area contributed by atoms with Gasteiger partial charge in [-0.3, -0.25) is 10.1 Å². The van der Waals surface area contributed by atoms with E-state index < -0.39 is 4.92 Å². The van der Waals surface area contributed by atoms with Crippen LogP contribution in [0.3, 0.4) is 0 Å². The van der Waals surface area contributed by atoms with Crippen molar-refractivity contribution >= 4 is 17.0 Å². The molecule has 0 bridgehead atoms. The summed E-state index contributed by atoms with van der Waals surface area (Å²) in [7, 11) is 0. The maximum atomic E-state index is 10.9. The van der Waals surface area contributed by atoms with E-state index in [2.05, 4.69) is 4.98 Å². The molecule has 0 aliphatic rings. The van der Waals surface area contributed by atoms with Crippen LogP contribution in [0.4, 0.5) is 5.69 Å². The maximum Gasteiger partial charge on any atom is 0.310 e. The number of aliphatic hydroxyl groups excluding tert-OH is 1. The Morgan fingerprint density at radius 2 is 2.32 bits per heavy atom. The zero-order valence-electron chi connectivity index (χ0n) is 10.2. The molecule has 0 amide bonds. The summed E-state index contributed by atoms with van der Waals surface area (Å²) in [5, 5.41) is 22.7. The van der Waals surface area contributed by atoms with E-state index in [1.165, 1.54) is 29.5 Å². The Hall–Kier alpha value is -1.99. The first kappa shape index (κ1) is 13.4. The number of nitro benzene ring substituents is 1. The SMILES string of the molecule is Cc1nc(COc2cc(CO)ccc2[N+](=O)[O-])cs1. The van der Waals surface area contributed by atoms with E-state index in [1.807, 2.05) is 12.3 Å². The number of ether oxygens (including phenoxy) is 1. The van der Waals surface area contributed by atoms with Gasteiger partial charge in [0.2, 0.25) is 0 Å². The van der Waals surface area contributed by atoms with Crippen LogP contribution in [-0.2, 0) is 13.2 Å². The Labute approximate surface area is 113 Å². The number of hydrogen-bond donors (Lipinski definition) is 1. The molecule has 2 aromatic rings. The van der Waals surface area contributed by atoms with E-state index in [1.54, 1.807) is 0 Å². The molecule has 0 spiro atoms. The fourth-order valence-electron chi connectivity index (χ4n) is 1.55. The Kier molecular flexibility index (Phi) is 4.08. The lowest BCUT2D eigenvalue weighted by Gasteiger charge is -2.06. The molecule has 19 heavy (non-hydrogen) atoms. The van der Waals surface area contributed by atoms with E-state index >= 15 is 0 Å². The van der Waals surface area contributed by atoms with Gasteiger partial charge in [-0.15, -0.1) is 11.3 Å². The van der Waals surface area contributed by atoms with Gasteiger partial charge in [0.15, 0.2) is 5.75 Å². The largest absolute Gasteiger partial charge is 0.480 e. The summed E-state index contributed by atoms with van der Waals surface area (Å²) in [6.07, 6.45) is 0. The van der Waals surface area contributed by atoms with Crippen molar-refractivity contribution in [3.63, 3.8) is 0 Å². The zero-order chi connectivity index (χ0) is 13.8. The van der Waals surface area contributed by atoms with Gasteiger partial charge in [0.05, 0.1) is 22.2 Å². The van der Waals surface area contributed by atoms with E-state index in [0.717, 1.165) is 10.7 Å². The number of hydrogen-bond acceptors (Lipinski definition) is 6. The lowest BCUT2D eigenvalue weighted by atomic mass is 10.2. The molecular weight excluding hydrogens is 268 g/mol. The molecule has 0 aliphatic heterocycles. The first-order valence-electron chi connectivity index (χ1n) is 5.52. The van der Waals surface area contributed by atoms with Gasteiger partial charge >= 0.3 is 5.69 Å². The lowest BCUT2D eigenvalue weighted by molar-refractivity contribution is -0.386. The Morgan fingerprint density at radius 1 is 1.53 bits per heavy atom. The molecule has 1 N–H and O–H groups in total. The average Bonchev–Trinajstić information content (AvgIpc) is 2.81. The third kappa shape index (κ3) is 3.27. The Balaban J connectivity index is 2.19. The quantitative estimate of drug-likeness (QED) is 0.671. The van der Waals surface area contributed by atoms with E-state index in [-0.39, 0.29) is 24.7 Å². The molecule has 0 atom stereocenters. The summed E-state index contributed by atoms with van der Waals surface area (Å²) < 4.78 is 5.43. The number of aromatic nitrogens is 1. The average molecular weight is 280 g/mol. The summed E-state index contributed by atoms with van der Waals surface area (Å²) in [6.45, 7) is 1.85. The highest BCUT2D eigenvalue weighted by Crippen LogP contribution is 2.28. The summed E-state index contributed by atoms with van der Waals surface area (Å²) in [6, 6.07) is 4.29. The minimum Gasteiger partial charge on any atom is -0.480 e. The molecule has 6 nitrogen and oxygen atoms in total. The van der Waals surface area contributed by atoms with Crippen LogP contribution in [0.25, 0.3) is 0 Å². The molecule has 1 heterocycles. The van der Waals surface area contributed by atoms with Gasteiger partial charge in [0.25, 0.3) is 0 Å². The standard InChI is InChI=1S/C12H12N2O4S/c1-8-13-10(7-19-8)6-18-12-4-9(5-15)2-3-11(12)14(16)17/h2-4,7,15H,5-6H2,1H3. The molecule has 0 fully saturated rings. The second-order valence-electron chi connectivity index (χ2n) is 3.86.